The second kappa shape index (κ2) is 7.89. The van der Waals surface area contributed by atoms with Crippen LogP contribution in [0.5, 0.6) is 0 Å². The van der Waals surface area contributed by atoms with Gasteiger partial charge < -0.3 is 5.11 Å². The lowest BCUT2D eigenvalue weighted by atomic mass is 10.2. The van der Waals surface area contributed by atoms with Gasteiger partial charge in [-0.1, -0.05) is 43.0 Å². The van der Waals surface area contributed by atoms with Crippen molar-refractivity contribution in [2.24, 2.45) is 5.18 Å². The fourth-order valence-electron chi connectivity index (χ4n) is 0.883. The molecule has 14 heavy (non-hydrogen) atoms. The van der Waals surface area contributed by atoms with Gasteiger partial charge >= 0.3 is 0 Å². The van der Waals surface area contributed by atoms with Crippen LogP contribution in [0.3, 0.4) is 0 Å². The maximum absolute atomic E-state index is 10.3. The van der Waals surface area contributed by atoms with E-state index in [4.69, 9.17) is 5.11 Å². The summed E-state index contributed by atoms with van der Waals surface area (Å²) in [5.74, 6) is 0. The number of aliphatic hydroxyl groups is 1. The lowest BCUT2D eigenvalue weighted by Gasteiger charge is -1.93. The molecule has 0 amide bonds. The Morgan fingerprint density at radius 2 is 2.00 bits per heavy atom. The number of aliphatic hydroxyl groups excluding tert-OH is 1. The van der Waals surface area contributed by atoms with Crippen molar-refractivity contribution in [3.8, 4) is 0 Å². The maximum atomic E-state index is 10.3. The molecule has 1 aromatic rings. The van der Waals surface area contributed by atoms with Gasteiger partial charge in [0.1, 0.15) is 5.69 Å². The molecule has 74 valence electrons. The zero-order valence-electron chi connectivity index (χ0n) is 8.05. The number of benzene rings is 1. The van der Waals surface area contributed by atoms with Gasteiger partial charge in [-0.05, 0) is 11.2 Å². The topological polar surface area (TPSA) is 49.7 Å². The molecule has 0 fully saturated rings. The Balaban J connectivity index is 0.000000791. The highest BCUT2D eigenvalue weighted by molar-refractivity contribution is 5.64. The zero-order chi connectivity index (χ0) is 10.8. The van der Waals surface area contributed by atoms with Gasteiger partial charge in [-0.25, -0.2) is 0 Å². The quantitative estimate of drug-likeness (QED) is 0.590. The summed E-state index contributed by atoms with van der Waals surface area (Å²) in [6.07, 6.45) is 5.22. The van der Waals surface area contributed by atoms with Crippen LogP contribution in [0.4, 0.5) is 5.69 Å². The van der Waals surface area contributed by atoms with Gasteiger partial charge in [0.25, 0.3) is 0 Å². The van der Waals surface area contributed by atoms with E-state index < -0.39 is 0 Å². The van der Waals surface area contributed by atoms with Crippen molar-refractivity contribution in [3.63, 3.8) is 0 Å². The van der Waals surface area contributed by atoms with E-state index in [2.05, 4.69) is 11.8 Å². The van der Waals surface area contributed by atoms with E-state index >= 15 is 0 Å². The Morgan fingerprint density at radius 3 is 2.57 bits per heavy atom. The third kappa shape index (κ3) is 3.78. The lowest BCUT2D eigenvalue weighted by molar-refractivity contribution is 0.399. The molecule has 0 atom stereocenters. The number of allylic oxidation sites excluding steroid dienone is 2. The Bertz CT molecular complexity index is 319. The number of hydrogen-bond donors (Lipinski definition) is 1. The summed E-state index contributed by atoms with van der Waals surface area (Å²) in [6, 6.07) is 7.14. The average molecular weight is 191 g/mol. The first-order chi connectivity index (χ1) is 6.88. The van der Waals surface area contributed by atoms with Crippen LogP contribution in [0.1, 0.15) is 5.56 Å². The zero-order valence-corrected chi connectivity index (χ0v) is 8.05. The Labute approximate surface area is 83.4 Å². The molecule has 0 saturated heterocycles. The summed E-state index contributed by atoms with van der Waals surface area (Å²) >= 11 is 0. The molecule has 1 rings (SSSR count). The predicted octanol–water partition coefficient (Wildman–Crippen LogP) is 2.89. The number of nitrogens with zero attached hydrogens (tertiary/aromatic N) is 1. The summed E-state index contributed by atoms with van der Waals surface area (Å²) in [5.41, 5.74) is 1.27. The summed E-state index contributed by atoms with van der Waals surface area (Å²) < 4.78 is 0. The highest BCUT2D eigenvalue weighted by Crippen LogP contribution is 2.19. The largest absolute Gasteiger partial charge is 0.400 e. The first-order valence-electron chi connectivity index (χ1n) is 4.04. The normalized spacial score (nSPS) is 9.00. The number of rotatable bonds is 3. The van der Waals surface area contributed by atoms with Crippen LogP contribution >= 0.6 is 0 Å². The molecule has 3 heteroatoms. The van der Waals surface area contributed by atoms with Crippen molar-refractivity contribution in [1.29, 1.82) is 0 Å². The molecule has 0 heterocycles. The summed E-state index contributed by atoms with van der Waals surface area (Å²) in [6.45, 7) is 3.54. The van der Waals surface area contributed by atoms with E-state index in [-0.39, 0.29) is 0 Å². The SMILES string of the molecule is C=C/C=C/c1ccccc1N=O.CO. The molecule has 0 aliphatic heterocycles. The fraction of sp³-hybridized carbons (Fsp3) is 0.0909. The van der Waals surface area contributed by atoms with Crippen molar-refractivity contribution in [1.82, 2.24) is 0 Å². The molecular formula is C11H13NO2. The van der Waals surface area contributed by atoms with E-state index in [1.165, 1.54) is 0 Å². The Morgan fingerprint density at radius 1 is 1.36 bits per heavy atom. The smallest absolute Gasteiger partial charge is 0.115 e. The predicted molar refractivity (Wildman–Crippen MR) is 59.3 cm³/mol. The van der Waals surface area contributed by atoms with E-state index in [0.717, 1.165) is 12.7 Å². The van der Waals surface area contributed by atoms with Crippen molar-refractivity contribution in [2.45, 2.75) is 0 Å². The van der Waals surface area contributed by atoms with Gasteiger partial charge in [0.05, 0.1) is 0 Å². The summed E-state index contributed by atoms with van der Waals surface area (Å²) in [7, 11) is 1.00. The second-order valence-electron chi connectivity index (χ2n) is 2.24. The maximum Gasteiger partial charge on any atom is 0.115 e. The van der Waals surface area contributed by atoms with E-state index in [1.54, 1.807) is 30.4 Å². The Kier molecular flexibility index (Phi) is 6.91. The lowest BCUT2D eigenvalue weighted by Crippen LogP contribution is -1.71. The van der Waals surface area contributed by atoms with Crippen LogP contribution in [-0.4, -0.2) is 12.2 Å². The first kappa shape index (κ1) is 12.3. The van der Waals surface area contributed by atoms with E-state index in [9.17, 15) is 4.91 Å². The molecule has 1 N–H and O–H groups in total. The minimum Gasteiger partial charge on any atom is -0.400 e. The van der Waals surface area contributed by atoms with Crippen molar-refractivity contribution in [2.75, 3.05) is 7.11 Å². The van der Waals surface area contributed by atoms with Crippen molar-refractivity contribution >= 4 is 11.8 Å². The highest BCUT2D eigenvalue weighted by Gasteiger charge is 1.95. The molecule has 0 spiro atoms. The van der Waals surface area contributed by atoms with Crippen LogP contribution < -0.4 is 0 Å². The van der Waals surface area contributed by atoms with Crippen LogP contribution in [0, 0.1) is 4.91 Å². The van der Waals surface area contributed by atoms with Crippen molar-refractivity contribution < 1.29 is 5.11 Å². The monoisotopic (exact) mass is 191 g/mol. The van der Waals surface area contributed by atoms with Gasteiger partial charge in [0, 0.05) is 12.7 Å². The highest BCUT2D eigenvalue weighted by atomic mass is 16.3. The van der Waals surface area contributed by atoms with Crippen LogP contribution in [-0.2, 0) is 0 Å². The van der Waals surface area contributed by atoms with Crippen molar-refractivity contribution in [3.05, 3.63) is 53.5 Å². The number of hydrogen-bond acceptors (Lipinski definition) is 3. The molecule has 0 aliphatic rings. The summed E-state index contributed by atoms with van der Waals surface area (Å²) in [4.78, 5) is 10.3. The van der Waals surface area contributed by atoms with E-state index in [1.807, 2.05) is 12.1 Å². The molecule has 0 radical (unpaired) electrons. The third-order valence-corrected chi connectivity index (χ3v) is 1.45. The number of nitroso groups, excluding NO2 is 1. The van der Waals surface area contributed by atoms with Gasteiger partial charge in [-0.3, -0.25) is 0 Å². The van der Waals surface area contributed by atoms with Crippen LogP contribution in [0.2, 0.25) is 0 Å². The molecule has 3 nitrogen and oxygen atoms in total. The van der Waals surface area contributed by atoms with Gasteiger partial charge in [-0.2, -0.15) is 0 Å². The fourth-order valence-corrected chi connectivity index (χ4v) is 0.883. The second-order valence-corrected chi connectivity index (χ2v) is 2.24. The third-order valence-electron chi connectivity index (χ3n) is 1.45. The summed E-state index contributed by atoms with van der Waals surface area (Å²) in [5, 5.41) is 9.89. The van der Waals surface area contributed by atoms with Gasteiger partial charge in [0.2, 0.25) is 0 Å². The van der Waals surface area contributed by atoms with Crippen LogP contribution in [0.15, 0.2) is 48.2 Å². The molecular weight excluding hydrogens is 178 g/mol. The minimum atomic E-state index is 0.454. The Hall–Kier alpha value is -1.74. The molecule has 1 aromatic carbocycles. The minimum absolute atomic E-state index is 0.454. The molecule has 0 aliphatic carbocycles. The molecule has 0 saturated carbocycles. The van der Waals surface area contributed by atoms with E-state index in [0.29, 0.717) is 5.69 Å². The van der Waals surface area contributed by atoms with Gasteiger partial charge in [0.15, 0.2) is 0 Å². The van der Waals surface area contributed by atoms with Crippen LogP contribution in [0.25, 0.3) is 6.08 Å². The first-order valence-corrected chi connectivity index (χ1v) is 4.04. The molecule has 0 bridgehead atoms. The average Bonchev–Trinajstić information content (AvgIpc) is 2.29. The van der Waals surface area contributed by atoms with Gasteiger partial charge in [-0.15, -0.1) is 4.91 Å². The molecule has 0 aromatic heterocycles. The molecule has 0 unspecified atom stereocenters. The standard InChI is InChI=1S/C10H9NO.CH4O/c1-2-3-6-9-7-4-5-8-10(9)11-12;1-2/h2-8H,1H2;2H,1H3/b6-3+;.